The van der Waals surface area contributed by atoms with E-state index in [-0.39, 0.29) is 23.3 Å². The monoisotopic (exact) mass is 344 g/mol. The number of halogens is 2. The van der Waals surface area contributed by atoms with Gasteiger partial charge in [-0.15, -0.1) is 0 Å². The minimum atomic E-state index is -0.396. The molecule has 0 aliphatic heterocycles. The molecule has 0 aliphatic carbocycles. The summed E-state index contributed by atoms with van der Waals surface area (Å²) in [6.45, 7) is 9.39. The zero-order chi connectivity index (χ0) is 15.5. The van der Waals surface area contributed by atoms with Crippen molar-refractivity contribution in [1.29, 1.82) is 0 Å². The molecule has 2 unspecified atom stereocenters. The summed E-state index contributed by atoms with van der Waals surface area (Å²) >= 11 is 3.23. The van der Waals surface area contributed by atoms with Gasteiger partial charge in [-0.05, 0) is 46.8 Å². The van der Waals surface area contributed by atoms with E-state index in [2.05, 4.69) is 26.6 Å². The molecule has 20 heavy (non-hydrogen) atoms. The molecule has 0 heterocycles. The molecular weight excluding hydrogens is 323 g/mol. The molecule has 0 fully saturated rings. The van der Waals surface area contributed by atoms with Crippen LogP contribution >= 0.6 is 15.9 Å². The molecule has 0 radical (unpaired) electrons. The lowest BCUT2D eigenvalue weighted by atomic mass is 10.1. The minimum absolute atomic E-state index is 0.0955. The maximum absolute atomic E-state index is 13.9. The quantitative estimate of drug-likeness (QED) is 0.876. The number of carbonyl (C=O) groups is 1. The second-order valence-electron chi connectivity index (χ2n) is 6.02. The second kappa shape index (κ2) is 6.68. The van der Waals surface area contributed by atoms with Crippen LogP contribution in [-0.4, -0.2) is 17.5 Å². The van der Waals surface area contributed by atoms with Crippen molar-refractivity contribution in [3.8, 4) is 0 Å². The summed E-state index contributed by atoms with van der Waals surface area (Å²) in [7, 11) is 0. The number of rotatable bonds is 4. The Morgan fingerprint density at radius 2 is 1.90 bits per heavy atom. The number of hydrogen-bond donors (Lipinski definition) is 2. The Morgan fingerprint density at radius 1 is 1.30 bits per heavy atom. The molecule has 0 aliphatic rings. The van der Waals surface area contributed by atoms with Crippen molar-refractivity contribution in [2.75, 3.05) is 0 Å². The van der Waals surface area contributed by atoms with E-state index >= 15 is 0 Å². The molecule has 0 aromatic heterocycles. The average Bonchev–Trinajstić information content (AvgIpc) is 2.26. The van der Waals surface area contributed by atoms with Crippen molar-refractivity contribution in [2.45, 2.75) is 52.2 Å². The van der Waals surface area contributed by atoms with Crippen LogP contribution in [0.1, 0.15) is 46.2 Å². The number of amides is 1. The lowest BCUT2D eigenvalue weighted by molar-refractivity contribution is -0.124. The van der Waals surface area contributed by atoms with Crippen molar-refractivity contribution >= 4 is 21.8 Å². The highest BCUT2D eigenvalue weighted by atomic mass is 79.9. The van der Waals surface area contributed by atoms with Gasteiger partial charge in [0.1, 0.15) is 5.82 Å². The van der Waals surface area contributed by atoms with Gasteiger partial charge < -0.3 is 5.32 Å². The molecule has 1 aromatic carbocycles. The van der Waals surface area contributed by atoms with Gasteiger partial charge in [-0.25, -0.2) is 4.39 Å². The largest absolute Gasteiger partial charge is 0.350 e. The van der Waals surface area contributed by atoms with E-state index in [1.54, 1.807) is 19.1 Å². The molecule has 0 saturated carbocycles. The topological polar surface area (TPSA) is 41.1 Å². The van der Waals surface area contributed by atoms with E-state index in [0.717, 1.165) is 0 Å². The SMILES string of the molecule is CC(NC(C)c1ccc(Br)cc1F)C(=O)NC(C)(C)C. The molecule has 2 N–H and O–H groups in total. The van der Waals surface area contributed by atoms with Crippen LogP contribution in [0, 0.1) is 5.82 Å². The first-order valence-electron chi connectivity index (χ1n) is 6.63. The third kappa shape index (κ3) is 5.21. The molecule has 1 aromatic rings. The summed E-state index contributed by atoms with van der Waals surface area (Å²) in [6.07, 6.45) is 0. The first kappa shape index (κ1) is 17.1. The smallest absolute Gasteiger partial charge is 0.237 e. The van der Waals surface area contributed by atoms with Crippen molar-refractivity contribution in [3.05, 3.63) is 34.1 Å². The summed E-state index contributed by atoms with van der Waals surface area (Å²) in [5.74, 6) is -0.385. The molecule has 3 nitrogen and oxygen atoms in total. The highest BCUT2D eigenvalue weighted by molar-refractivity contribution is 9.10. The van der Waals surface area contributed by atoms with Gasteiger partial charge in [0.25, 0.3) is 0 Å². The van der Waals surface area contributed by atoms with Crippen LogP contribution in [-0.2, 0) is 4.79 Å². The summed E-state index contributed by atoms with van der Waals surface area (Å²) in [6, 6.07) is 4.28. The minimum Gasteiger partial charge on any atom is -0.350 e. The normalized spacial score (nSPS) is 14.8. The van der Waals surface area contributed by atoms with E-state index in [4.69, 9.17) is 0 Å². The number of hydrogen-bond acceptors (Lipinski definition) is 2. The number of nitrogens with one attached hydrogen (secondary N) is 2. The Hall–Kier alpha value is -0.940. The highest BCUT2D eigenvalue weighted by Gasteiger charge is 2.21. The van der Waals surface area contributed by atoms with Gasteiger partial charge in [0.15, 0.2) is 0 Å². The standard InChI is InChI=1S/C15H22BrFN2O/c1-9(12-7-6-11(16)8-13(12)17)18-10(2)14(20)19-15(3,4)5/h6-10,18H,1-5H3,(H,19,20). The van der Waals surface area contributed by atoms with Gasteiger partial charge in [-0.2, -0.15) is 0 Å². The maximum atomic E-state index is 13.9. The van der Waals surface area contributed by atoms with Gasteiger partial charge >= 0.3 is 0 Å². The Bertz CT molecular complexity index is 485. The fraction of sp³-hybridized carbons (Fsp3) is 0.533. The second-order valence-corrected chi connectivity index (χ2v) is 6.93. The van der Waals surface area contributed by atoms with Crippen LogP contribution in [0.2, 0.25) is 0 Å². The van der Waals surface area contributed by atoms with Gasteiger partial charge in [0, 0.05) is 21.6 Å². The predicted molar refractivity (Wildman–Crippen MR) is 83.0 cm³/mol. The van der Waals surface area contributed by atoms with Crippen molar-refractivity contribution < 1.29 is 9.18 Å². The van der Waals surface area contributed by atoms with Crippen LogP contribution in [0.5, 0.6) is 0 Å². The molecule has 112 valence electrons. The van der Waals surface area contributed by atoms with Crippen molar-refractivity contribution in [1.82, 2.24) is 10.6 Å². The van der Waals surface area contributed by atoms with Crippen molar-refractivity contribution in [2.24, 2.45) is 0 Å². The van der Waals surface area contributed by atoms with E-state index in [1.165, 1.54) is 6.07 Å². The molecule has 0 saturated heterocycles. The van der Waals surface area contributed by atoms with E-state index in [0.29, 0.717) is 10.0 Å². The number of carbonyl (C=O) groups excluding carboxylic acids is 1. The Morgan fingerprint density at radius 3 is 2.40 bits per heavy atom. The molecule has 5 heteroatoms. The van der Waals surface area contributed by atoms with Crippen LogP contribution in [0.4, 0.5) is 4.39 Å². The molecule has 2 atom stereocenters. The zero-order valence-electron chi connectivity index (χ0n) is 12.6. The summed E-state index contributed by atoms with van der Waals surface area (Å²) in [5.41, 5.74) is 0.266. The van der Waals surface area contributed by atoms with Crippen LogP contribution in [0.25, 0.3) is 0 Å². The predicted octanol–water partition coefficient (Wildman–Crippen LogP) is 3.54. The van der Waals surface area contributed by atoms with Crippen molar-refractivity contribution in [3.63, 3.8) is 0 Å². The van der Waals surface area contributed by atoms with Gasteiger partial charge in [-0.3, -0.25) is 10.1 Å². The molecule has 1 rings (SSSR count). The molecule has 0 bridgehead atoms. The lowest BCUT2D eigenvalue weighted by Crippen LogP contribution is -2.50. The Kier molecular flexibility index (Phi) is 5.71. The summed E-state index contributed by atoms with van der Waals surface area (Å²) in [4.78, 5) is 12.0. The zero-order valence-corrected chi connectivity index (χ0v) is 14.1. The Labute approximate surface area is 128 Å². The van der Waals surface area contributed by atoms with E-state index in [1.807, 2.05) is 27.7 Å². The van der Waals surface area contributed by atoms with Gasteiger partial charge in [0.05, 0.1) is 6.04 Å². The maximum Gasteiger partial charge on any atom is 0.237 e. The van der Waals surface area contributed by atoms with Crippen LogP contribution in [0.3, 0.4) is 0 Å². The third-order valence-electron chi connectivity index (χ3n) is 2.82. The fourth-order valence-electron chi connectivity index (χ4n) is 1.87. The van der Waals surface area contributed by atoms with Crippen LogP contribution < -0.4 is 10.6 Å². The Balaban J connectivity index is 2.70. The highest BCUT2D eigenvalue weighted by Crippen LogP contribution is 2.21. The van der Waals surface area contributed by atoms with Crippen LogP contribution in [0.15, 0.2) is 22.7 Å². The molecular formula is C15H22BrFN2O. The summed E-state index contributed by atoms with van der Waals surface area (Å²) in [5, 5.41) is 6.01. The van der Waals surface area contributed by atoms with E-state index < -0.39 is 6.04 Å². The third-order valence-corrected chi connectivity index (χ3v) is 3.31. The average molecular weight is 345 g/mol. The van der Waals surface area contributed by atoms with E-state index in [9.17, 15) is 9.18 Å². The first-order valence-corrected chi connectivity index (χ1v) is 7.42. The summed E-state index contributed by atoms with van der Waals surface area (Å²) < 4.78 is 14.6. The fourth-order valence-corrected chi connectivity index (χ4v) is 2.20. The number of benzene rings is 1. The van der Waals surface area contributed by atoms with Gasteiger partial charge in [0.2, 0.25) is 5.91 Å². The molecule has 1 amide bonds. The first-order chi connectivity index (χ1) is 9.10. The molecule has 0 spiro atoms. The lowest BCUT2D eigenvalue weighted by Gasteiger charge is -2.26. The van der Waals surface area contributed by atoms with Gasteiger partial charge in [-0.1, -0.05) is 22.0 Å².